The molecule has 21 heavy (non-hydrogen) atoms. The van der Waals surface area contributed by atoms with E-state index in [9.17, 15) is 4.79 Å². The third-order valence-electron chi connectivity index (χ3n) is 8.23. The fourth-order valence-corrected chi connectivity index (χ4v) is 6.85. The lowest BCUT2D eigenvalue weighted by atomic mass is 9.45. The molecule has 0 spiro atoms. The second kappa shape index (κ2) is 4.43. The standard InChI is InChI=1S/C19H29NO/c1-18-9-7-13(20)11-12(18)3-4-14-15-5-6-17(21)19(15,2)10-8-16(14)18/h12,14-16,20H,3-11H2,1-2H3. The monoisotopic (exact) mass is 287 g/mol. The second-order valence-electron chi connectivity index (χ2n) is 8.88. The van der Waals surface area contributed by atoms with Gasteiger partial charge >= 0.3 is 0 Å². The molecule has 1 N–H and O–H groups in total. The Morgan fingerprint density at radius 2 is 1.81 bits per heavy atom. The molecule has 6 atom stereocenters. The van der Waals surface area contributed by atoms with Gasteiger partial charge in [0.2, 0.25) is 0 Å². The van der Waals surface area contributed by atoms with E-state index < -0.39 is 0 Å². The molecule has 4 rings (SSSR count). The highest BCUT2D eigenvalue weighted by Gasteiger charge is 2.59. The third kappa shape index (κ3) is 1.77. The smallest absolute Gasteiger partial charge is 0.139 e. The molecule has 4 aliphatic carbocycles. The Hall–Kier alpha value is -0.660. The Bertz CT molecular complexity index is 498. The van der Waals surface area contributed by atoms with Crippen molar-refractivity contribution in [2.24, 2.45) is 34.5 Å². The molecule has 0 aromatic carbocycles. The lowest BCUT2D eigenvalue weighted by Gasteiger charge is -2.59. The molecule has 0 saturated heterocycles. The van der Waals surface area contributed by atoms with Crippen LogP contribution in [0, 0.1) is 39.9 Å². The maximum atomic E-state index is 12.4. The summed E-state index contributed by atoms with van der Waals surface area (Å²) < 4.78 is 0. The van der Waals surface area contributed by atoms with Crippen LogP contribution in [-0.4, -0.2) is 11.5 Å². The van der Waals surface area contributed by atoms with E-state index in [1.165, 1.54) is 25.7 Å². The van der Waals surface area contributed by atoms with E-state index in [0.717, 1.165) is 55.6 Å². The van der Waals surface area contributed by atoms with E-state index in [-0.39, 0.29) is 5.41 Å². The molecule has 0 heterocycles. The lowest BCUT2D eigenvalue weighted by molar-refractivity contribution is -0.136. The highest BCUT2D eigenvalue weighted by molar-refractivity contribution is 5.87. The Morgan fingerprint density at radius 1 is 1.00 bits per heavy atom. The number of nitrogens with one attached hydrogen (secondary N) is 1. The zero-order valence-corrected chi connectivity index (χ0v) is 13.6. The Balaban J connectivity index is 1.65. The van der Waals surface area contributed by atoms with Gasteiger partial charge in [-0.25, -0.2) is 0 Å². The van der Waals surface area contributed by atoms with Crippen LogP contribution in [0.25, 0.3) is 0 Å². The SMILES string of the molecule is CC12CCC3C(CCC4CC(=N)CCC43C)C1CCC2=O. The highest BCUT2D eigenvalue weighted by atomic mass is 16.1. The van der Waals surface area contributed by atoms with Crippen molar-refractivity contribution in [3.63, 3.8) is 0 Å². The largest absolute Gasteiger partial charge is 0.310 e. The van der Waals surface area contributed by atoms with E-state index in [4.69, 9.17) is 5.41 Å². The van der Waals surface area contributed by atoms with Crippen molar-refractivity contribution in [1.82, 2.24) is 0 Å². The van der Waals surface area contributed by atoms with E-state index >= 15 is 0 Å². The molecule has 0 radical (unpaired) electrons. The van der Waals surface area contributed by atoms with Crippen molar-refractivity contribution in [2.75, 3.05) is 0 Å². The number of carbonyl (C=O) groups excluding carboxylic acids is 1. The van der Waals surface area contributed by atoms with E-state index in [1.807, 2.05) is 0 Å². The minimum Gasteiger partial charge on any atom is -0.310 e. The fourth-order valence-electron chi connectivity index (χ4n) is 6.85. The zero-order chi connectivity index (χ0) is 14.8. The maximum absolute atomic E-state index is 12.4. The molecule has 4 saturated carbocycles. The molecule has 116 valence electrons. The summed E-state index contributed by atoms with van der Waals surface area (Å²) in [5, 5.41) is 8.06. The number of rotatable bonds is 0. The number of fused-ring (bicyclic) bond motifs is 5. The van der Waals surface area contributed by atoms with Gasteiger partial charge in [0.1, 0.15) is 5.78 Å². The van der Waals surface area contributed by atoms with E-state index in [0.29, 0.717) is 17.1 Å². The van der Waals surface area contributed by atoms with Gasteiger partial charge in [-0.1, -0.05) is 13.8 Å². The number of Topliss-reactive ketones (excluding diaryl/α,β-unsaturated/α-hetero) is 1. The minimum absolute atomic E-state index is 0.0196. The molecule has 0 amide bonds. The van der Waals surface area contributed by atoms with Crippen LogP contribution < -0.4 is 0 Å². The first-order chi connectivity index (χ1) is 9.95. The van der Waals surface area contributed by atoms with Crippen molar-refractivity contribution in [3.8, 4) is 0 Å². The van der Waals surface area contributed by atoms with Crippen molar-refractivity contribution < 1.29 is 4.79 Å². The number of ketones is 1. The van der Waals surface area contributed by atoms with E-state index in [2.05, 4.69) is 13.8 Å². The predicted octanol–water partition coefficient (Wildman–Crippen LogP) is 4.62. The van der Waals surface area contributed by atoms with Crippen LogP contribution in [0.5, 0.6) is 0 Å². The minimum atomic E-state index is 0.0196. The molecule has 0 aromatic rings. The summed E-state index contributed by atoms with van der Waals surface area (Å²) in [5.41, 5.74) is 1.47. The van der Waals surface area contributed by atoms with Gasteiger partial charge in [0, 0.05) is 17.5 Å². The lowest BCUT2D eigenvalue weighted by Crippen LogP contribution is -2.53. The summed E-state index contributed by atoms with van der Waals surface area (Å²) >= 11 is 0. The van der Waals surface area contributed by atoms with Gasteiger partial charge < -0.3 is 5.41 Å². The molecular formula is C19H29NO. The number of carbonyl (C=O) groups is 1. The average Bonchev–Trinajstić information content (AvgIpc) is 2.76. The van der Waals surface area contributed by atoms with Gasteiger partial charge in [-0.15, -0.1) is 0 Å². The fraction of sp³-hybridized carbons (Fsp3) is 0.895. The zero-order valence-electron chi connectivity index (χ0n) is 13.6. The van der Waals surface area contributed by atoms with Crippen LogP contribution in [0.15, 0.2) is 0 Å². The number of hydrogen-bond donors (Lipinski definition) is 1. The van der Waals surface area contributed by atoms with Crippen LogP contribution >= 0.6 is 0 Å². The van der Waals surface area contributed by atoms with Gasteiger partial charge in [-0.3, -0.25) is 4.79 Å². The van der Waals surface area contributed by atoms with Crippen molar-refractivity contribution in [2.45, 2.75) is 71.6 Å². The van der Waals surface area contributed by atoms with Gasteiger partial charge in [0.25, 0.3) is 0 Å². The number of hydrogen-bond acceptors (Lipinski definition) is 2. The summed E-state index contributed by atoms with van der Waals surface area (Å²) in [7, 11) is 0. The molecule has 4 aliphatic rings. The van der Waals surface area contributed by atoms with Gasteiger partial charge in [-0.2, -0.15) is 0 Å². The van der Waals surface area contributed by atoms with E-state index in [1.54, 1.807) is 0 Å². The average molecular weight is 287 g/mol. The van der Waals surface area contributed by atoms with Crippen LogP contribution in [-0.2, 0) is 4.79 Å². The molecule has 0 aromatic heterocycles. The van der Waals surface area contributed by atoms with Gasteiger partial charge in [-0.05, 0) is 80.5 Å². The summed E-state index contributed by atoms with van der Waals surface area (Å²) in [6.45, 7) is 4.80. The van der Waals surface area contributed by atoms with Crippen LogP contribution in [0.2, 0.25) is 0 Å². The summed E-state index contributed by atoms with van der Waals surface area (Å²) in [5.74, 6) is 3.60. The first-order valence-electron chi connectivity index (χ1n) is 9.05. The predicted molar refractivity (Wildman–Crippen MR) is 84.5 cm³/mol. The summed E-state index contributed by atoms with van der Waals surface area (Å²) in [6.07, 6.45) is 10.3. The molecule has 4 fully saturated rings. The highest BCUT2D eigenvalue weighted by Crippen LogP contribution is 2.65. The Kier molecular flexibility index (Phi) is 2.94. The van der Waals surface area contributed by atoms with Gasteiger partial charge in [0.05, 0.1) is 0 Å². The molecule has 0 aliphatic heterocycles. The molecule has 2 nitrogen and oxygen atoms in total. The van der Waals surface area contributed by atoms with Crippen LogP contribution in [0.4, 0.5) is 0 Å². The van der Waals surface area contributed by atoms with Crippen molar-refractivity contribution in [1.29, 1.82) is 5.41 Å². The Labute approximate surface area is 128 Å². The maximum Gasteiger partial charge on any atom is 0.139 e. The van der Waals surface area contributed by atoms with Gasteiger partial charge in [0.15, 0.2) is 0 Å². The van der Waals surface area contributed by atoms with Crippen LogP contribution in [0.1, 0.15) is 71.6 Å². The van der Waals surface area contributed by atoms with Crippen LogP contribution in [0.3, 0.4) is 0 Å². The molecule has 0 bridgehead atoms. The van der Waals surface area contributed by atoms with Crippen molar-refractivity contribution >= 4 is 11.5 Å². The molecule has 6 unspecified atom stereocenters. The Morgan fingerprint density at radius 3 is 2.62 bits per heavy atom. The second-order valence-corrected chi connectivity index (χ2v) is 8.88. The van der Waals surface area contributed by atoms with Crippen molar-refractivity contribution in [3.05, 3.63) is 0 Å². The molecule has 2 heteroatoms. The molecular weight excluding hydrogens is 258 g/mol. The summed E-state index contributed by atoms with van der Waals surface area (Å²) in [6, 6.07) is 0. The summed E-state index contributed by atoms with van der Waals surface area (Å²) in [4.78, 5) is 12.4. The topological polar surface area (TPSA) is 40.9 Å². The normalized spacial score (nSPS) is 53.0. The first kappa shape index (κ1) is 14.0. The third-order valence-corrected chi connectivity index (χ3v) is 8.23. The quantitative estimate of drug-likeness (QED) is 0.694. The first-order valence-corrected chi connectivity index (χ1v) is 9.05.